The third-order valence-electron chi connectivity index (χ3n) is 5.33. The molecule has 0 aromatic carbocycles. The van der Waals surface area contributed by atoms with Crippen LogP contribution in [0.1, 0.15) is 65.2 Å². The zero-order valence-corrected chi connectivity index (χ0v) is 13.4. The summed E-state index contributed by atoms with van der Waals surface area (Å²) >= 11 is 0. The van der Waals surface area contributed by atoms with E-state index in [0.29, 0.717) is 19.4 Å². The van der Waals surface area contributed by atoms with Crippen LogP contribution in [0.4, 0.5) is 0 Å². The highest BCUT2D eigenvalue weighted by molar-refractivity contribution is 5.84. The third-order valence-corrected chi connectivity index (χ3v) is 5.33. The monoisotopic (exact) mass is 298 g/mol. The van der Waals surface area contributed by atoms with E-state index < -0.39 is 16.8 Å². The molecule has 0 bridgehead atoms. The fraction of sp³-hybridized carbons (Fsp3) is 0.875. The van der Waals surface area contributed by atoms with Crippen LogP contribution in [0.25, 0.3) is 0 Å². The number of aliphatic carboxylic acids is 1. The van der Waals surface area contributed by atoms with Gasteiger partial charge in [0.15, 0.2) is 0 Å². The van der Waals surface area contributed by atoms with Crippen LogP contribution in [0, 0.1) is 10.8 Å². The Labute approximate surface area is 127 Å². The second-order valence-corrected chi connectivity index (χ2v) is 6.37. The Morgan fingerprint density at radius 2 is 1.67 bits per heavy atom. The Kier molecular flexibility index (Phi) is 6.65. The summed E-state index contributed by atoms with van der Waals surface area (Å²) in [6, 6.07) is 0. The van der Waals surface area contributed by atoms with Crippen molar-refractivity contribution in [3.8, 4) is 0 Å². The number of nitrogens with one attached hydrogen (secondary N) is 1. The molecule has 1 fully saturated rings. The maximum absolute atomic E-state index is 12.6. The summed E-state index contributed by atoms with van der Waals surface area (Å²) in [4.78, 5) is 24.1. The second kappa shape index (κ2) is 7.78. The van der Waals surface area contributed by atoms with Crippen molar-refractivity contribution < 1.29 is 14.7 Å². The van der Waals surface area contributed by atoms with Gasteiger partial charge >= 0.3 is 5.97 Å². The Balaban J connectivity index is 2.76. The predicted molar refractivity (Wildman–Crippen MR) is 82.8 cm³/mol. The molecule has 0 spiro atoms. The van der Waals surface area contributed by atoms with E-state index in [1.807, 2.05) is 13.8 Å². The molecule has 4 N–H and O–H groups in total. The summed E-state index contributed by atoms with van der Waals surface area (Å²) in [5.74, 6) is -0.894. The van der Waals surface area contributed by atoms with Gasteiger partial charge in [-0.3, -0.25) is 9.59 Å². The van der Waals surface area contributed by atoms with Crippen LogP contribution in [0.5, 0.6) is 0 Å². The van der Waals surface area contributed by atoms with Gasteiger partial charge in [0.05, 0.1) is 10.8 Å². The number of rotatable bonds is 7. The average molecular weight is 298 g/mol. The number of carbonyl (C=O) groups excluding carboxylic acids is 1. The summed E-state index contributed by atoms with van der Waals surface area (Å²) in [6.45, 7) is 4.25. The number of nitrogens with two attached hydrogens (primary N) is 1. The van der Waals surface area contributed by atoms with Crippen molar-refractivity contribution in [2.24, 2.45) is 16.6 Å². The molecule has 0 aromatic heterocycles. The fourth-order valence-electron chi connectivity index (χ4n) is 3.24. The van der Waals surface area contributed by atoms with Gasteiger partial charge < -0.3 is 16.2 Å². The minimum absolute atomic E-state index is 0.0561. The Bertz CT molecular complexity index is 357. The highest BCUT2D eigenvalue weighted by Crippen LogP contribution is 2.35. The van der Waals surface area contributed by atoms with Crippen LogP contribution < -0.4 is 11.1 Å². The molecule has 0 atom stereocenters. The van der Waals surface area contributed by atoms with E-state index in [1.165, 1.54) is 0 Å². The number of hydrogen-bond donors (Lipinski definition) is 3. The molecule has 1 amide bonds. The van der Waals surface area contributed by atoms with E-state index in [2.05, 4.69) is 5.32 Å². The predicted octanol–water partition coefficient (Wildman–Crippen LogP) is 2.29. The molecule has 0 aliphatic heterocycles. The molecule has 0 heterocycles. The van der Waals surface area contributed by atoms with Gasteiger partial charge in [0.2, 0.25) is 5.91 Å². The standard InChI is InChI=1S/C16H30N2O3/c1-3-15(4-2,14(20)21)12-18-13(19)16(11-17)9-7-5-6-8-10-16/h3-12,17H2,1-2H3,(H,18,19)(H,20,21). The van der Waals surface area contributed by atoms with Crippen molar-refractivity contribution in [2.45, 2.75) is 65.2 Å². The molecular formula is C16H30N2O3. The van der Waals surface area contributed by atoms with E-state index in [4.69, 9.17) is 5.73 Å². The Hall–Kier alpha value is -1.10. The molecule has 0 radical (unpaired) electrons. The summed E-state index contributed by atoms with van der Waals surface area (Å²) in [7, 11) is 0. The number of carbonyl (C=O) groups is 2. The maximum Gasteiger partial charge on any atom is 0.311 e. The van der Waals surface area contributed by atoms with E-state index in [9.17, 15) is 14.7 Å². The van der Waals surface area contributed by atoms with Gasteiger partial charge in [-0.2, -0.15) is 0 Å². The molecule has 1 saturated carbocycles. The molecule has 1 aliphatic carbocycles. The van der Waals surface area contributed by atoms with Crippen LogP contribution in [-0.2, 0) is 9.59 Å². The first kappa shape index (κ1) is 18.0. The van der Waals surface area contributed by atoms with Crippen molar-refractivity contribution >= 4 is 11.9 Å². The Morgan fingerprint density at radius 3 is 2.05 bits per heavy atom. The summed E-state index contributed by atoms with van der Waals surface area (Å²) in [6.07, 6.45) is 6.99. The molecular weight excluding hydrogens is 268 g/mol. The number of hydrogen-bond acceptors (Lipinski definition) is 3. The summed E-state index contributed by atoms with van der Waals surface area (Å²) in [5.41, 5.74) is 4.53. The normalized spacial score (nSPS) is 18.8. The first-order valence-corrected chi connectivity index (χ1v) is 8.18. The van der Waals surface area contributed by atoms with Gasteiger partial charge in [0, 0.05) is 13.1 Å². The van der Waals surface area contributed by atoms with E-state index in [0.717, 1.165) is 38.5 Å². The first-order valence-electron chi connectivity index (χ1n) is 8.18. The molecule has 0 saturated heterocycles. The van der Waals surface area contributed by atoms with E-state index >= 15 is 0 Å². The topological polar surface area (TPSA) is 92.4 Å². The largest absolute Gasteiger partial charge is 0.481 e. The third kappa shape index (κ3) is 3.96. The second-order valence-electron chi connectivity index (χ2n) is 6.37. The van der Waals surface area contributed by atoms with Gasteiger partial charge in [-0.25, -0.2) is 0 Å². The van der Waals surface area contributed by atoms with Crippen molar-refractivity contribution in [3.05, 3.63) is 0 Å². The van der Waals surface area contributed by atoms with Crippen LogP contribution in [-0.4, -0.2) is 30.1 Å². The summed E-state index contributed by atoms with van der Waals surface area (Å²) < 4.78 is 0. The van der Waals surface area contributed by atoms with E-state index in [1.54, 1.807) is 0 Å². The smallest absolute Gasteiger partial charge is 0.311 e. The van der Waals surface area contributed by atoms with Gasteiger partial charge in [0.1, 0.15) is 0 Å². The molecule has 5 heteroatoms. The van der Waals surface area contributed by atoms with Crippen LogP contribution >= 0.6 is 0 Å². The molecule has 1 aliphatic rings. The maximum atomic E-state index is 12.6. The quantitative estimate of drug-likeness (QED) is 0.629. The van der Waals surface area contributed by atoms with Gasteiger partial charge in [-0.1, -0.05) is 39.5 Å². The lowest BCUT2D eigenvalue weighted by molar-refractivity contribution is -0.149. The van der Waals surface area contributed by atoms with Gasteiger partial charge in [0.25, 0.3) is 0 Å². The van der Waals surface area contributed by atoms with Gasteiger partial charge in [-0.15, -0.1) is 0 Å². The lowest BCUT2D eigenvalue weighted by atomic mass is 9.78. The van der Waals surface area contributed by atoms with Crippen molar-refractivity contribution in [1.29, 1.82) is 0 Å². The zero-order chi connectivity index (χ0) is 15.9. The highest BCUT2D eigenvalue weighted by atomic mass is 16.4. The number of carboxylic acids is 1. The van der Waals surface area contributed by atoms with Crippen molar-refractivity contribution in [1.82, 2.24) is 5.32 Å². The van der Waals surface area contributed by atoms with Crippen LogP contribution in [0.3, 0.4) is 0 Å². The summed E-state index contributed by atoms with van der Waals surface area (Å²) in [5, 5.41) is 12.3. The Morgan fingerprint density at radius 1 is 1.14 bits per heavy atom. The average Bonchev–Trinajstić information content (AvgIpc) is 2.74. The molecule has 122 valence electrons. The SMILES string of the molecule is CCC(CC)(CNC(=O)C1(CN)CCCCCC1)C(=O)O. The highest BCUT2D eigenvalue weighted by Gasteiger charge is 2.40. The number of carboxylic acid groups (broad SMARTS) is 1. The first-order chi connectivity index (χ1) is 9.96. The van der Waals surface area contributed by atoms with Crippen LogP contribution in [0.15, 0.2) is 0 Å². The molecule has 5 nitrogen and oxygen atoms in total. The lowest BCUT2D eigenvalue weighted by Gasteiger charge is -2.33. The number of amides is 1. The zero-order valence-electron chi connectivity index (χ0n) is 13.4. The van der Waals surface area contributed by atoms with Crippen molar-refractivity contribution in [2.75, 3.05) is 13.1 Å². The van der Waals surface area contributed by atoms with Gasteiger partial charge in [-0.05, 0) is 25.7 Å². The van der Waals surface area contributed by atoms with Crippen molar-refractivity contribution in [3.63, 3.8) is 0 Å². The fourth-order valence-corrected chi connectivity index (χ4v) is 3.24. The molecule has 0 unspecified atom stereocenters. The lowest BCUT2D eigenvalue weighted by Crippen LogP contribution is -2.50. The van der Waals surface area contributed by atoms with Crippen LogP contribution in [0.2, 0.25) is 0 Å². The molecule has 0 aromatic rings. The molecule has 1 rings (SSSR count). The molecule has 21 heavy (non-hydrogen) atoms. The minimum Gasteiger partial charge on any atom is -0.481 e. The van der Waals surface area contributed by atoms with E-state index in [-0.39, 0.29) is 12.5 Å². The minimum atomic E-state index is -0.865.